The van der Waals surface area contributed by atoms with Gasteiger partial charge in [-0.1, -0.05) is 49.6 Å². The van der Waals surface area contributed by atoms with E-state index < -0.39 is 0 Å². The van der Waals surface area contributed by atoms with E-state index in [1.54, 1.807) is 18.1 Å². The molecule has 1 aromatic heterocycles. The molecule has 0 spiro atoms. The molecule has 0 saturated heterocycles. The van der Waals surface area contributed by atoms with Gasteiger partial charge in [0.2, 0.25) is 0 Å². The summed E-state index contributed by atoms with van der Waals surface area (Å²) in [5.74, 6) is 1.40. The monoisotopic (exact) mass is 435 g/mol. The van der Waals surface area contributed by atoms with Crippen LogP contribution < -0.4 is 15.0 Å². The van der Waals surface area contributed by atoms with Crippen LogP contribution in [-0.2, 0) is 0 Å². The molecule has 0 atom stereocenters. The molecular formula is C25H29N3O2S. The number of hydrogen-bond donors (Lipinski definition) is 1. The topological polar surface area (TPSA) is 54.5 Å². The molecule has 3 aromatic rings. The lowest BCUT2D eigenvalue weighted by molar-refractivity contribution is 0.257. The van der Waals surface area contributed by atoms with Crippen molar-refractivity contribution >= 4 is 28.2 Å². The molecule has 31 heavy (non-hydrogen) atoms. The van der Waals surface area contributed by atoms with Crippen molar-refractivity contribution < 1.29 is 9.53 Å². The van der Waals surface area contributed by atoms with Crippen LogP contribution in [-0.4, -0.2) is 24.7 Å². The number of hydrogen-bond acceptors (Lipinski definition) is 4. The van der Waals surface area contributed by atoms with Crippen molar-refractivity contribution in [2.75, 3.05) is 23.9 Å². The molecule has 6 heteroatoms. The first-order valence-electron chi connectivity index (χ1n) is 11.0. The van der Waals surface area contributed by atoms with Gasteiger partial charge in [0.05, 0.1) is 12.8 Å². The summed E-state index contributed by atoms with van der Waals surface area (Å²) in [4.78, 5) is 19.3. The van der Waals surface area contributed by atoms with E-state index in [4.69, 9.17) is 9.72 Å². The summed E-state index contributed by atoms with van der Waals surface area (Å²) in [6.45, 7) is 2.48. The zero-order valence-corrected chi connectivity index (χ0v) is 19.0. The third-order valence-corrected chi connectivity index (χ3v) is 6.75. The van der Waals surface area contributed by atoms with Crippen LogP contribution in [0.2, 0.25) is 0 Å². The molecule has 2 amide bonds. The second-order valence-electron chi connectivity index (χ2n) is 7.88. The lowest BCUT2D eigenvalue weighted by atomic mass is 9.84. The number of urea groups is 1. The summed E-state index contributed by atoms with van der Waals surface area (Å²) in [5, 5.41) is 5.64. The van der Waals surface area contributed by atoms with Gasteiger partial charge in [-0.2, -0.15) is 0 Å². The average molecular weight is 436 g/mol. The number of nitrogens with zero attached hydrogens (tertiary/aromatic N) is 2. The smallest absolute Gasteiger partial charge is 0.328 e. The Morgan fingerprint density at radius 3 is 2.65 bits per heavy atom. The van der Waals surface area contributed by atoms with E-state index in [1.165, 1.54) is 49.0 Å². The predicted octanol–water partition coefficient (Wildman–Crippen LogP) is 6.92. The number of methoxy groups -OCH3 is 1. The molecule has 162 valence electrons. The van der Waals surface area contributed by atoms with Gasteiger partial charge in [-0.25, -0.2) is 9.78 Å². The van der Waals surface area contributed by atoms with E-state index in [2.05, 4.69) is 29.6 Å². The minimum absolute atomic E-state index is 0.204. The highest BCUT2D eigenvalue weighted by molar-refractivity contribution is 7.14. The van der Waals surface area contributed by atoms with Gasteiger partial charge in [-0.3, -0.25) is 4.90 Å². The summed E-state index contributed by atoms with van der Waals surface area (Å²) in [7, 11) is 1.61. The highest BCUT2D eigenvalue weighted by Crippen LogP contribution is 2.34. The largest absolute Gasteiger partial charge is 0.497 e. The first kappa shape index (κ1) is 21.4. The molecule has 1 saturated carbocycles. The Hall–Kier alpha value is -2.86. The molecular weight excluding hydrogens is 406 g/mol. The highest BCUT2D eigenvalue weighted by Gasteiger charge is 2.19. The van der Waals surface area contributed by atoms with Gasteiger partial charge in [-0.05, 0) is 43.4 Å². The Balaban J connectivity index is 1.46. The van der Waals surface area contributed by atoms with Crippen LogP contribution in [0.1, 0.15) is 50.5 Å². The number of anilines is 2. The van der Waals surface area contributed by atoms with Crippen LogP contribution in [0.5, 0.6) is 5.75 Å². The maximum absolute atomic E-state index is 12.8. The molecule has 1 N–H and O–H groups in total. The van der Waals surface area contributed by atoms with E-state index >= 15 is 0 Å². The summed E-state index contributed by atoms with van der Waals surface area (Å²) >= 11 is 1.49. The fourth-order valence-electron chi connectivity index (χ4n) is 4.14. The summed E-state index contributed by atoms with van der Waals surface area (Å²) in [5.41, 5.74) is 4.12. The molecule has 0 bridgehead atoms. The van der Waals surface area contributed by atoms with E-state index in [0.29, 0.717) is 29.0 Å². The number of benzene rings is 2. The van der Waals surface area contributed by atoms with Crippen molar-refractivity contribution in [2.45, 2.75) is 44.9 Å². The summed E-state index contributed by atoms with van der Waals surface area (Å²) < 4.78 is 5.23. The quantitative estimate of drug-likeness (QED) is 0.457. The maximum atomic E-state index is 12.8. The van der Waals surface area contributed by atoms with Gasteiger partial charge in [0.15, 0.2) is 5.13 Å². The van der Waals surface area contributed by atoms with E-state index in [9.17, 15) is 4.79 Å². The SMILES string of the molecule is CCN(C(=O)Nc1cccc(OC)c1)c1nc(-c2ccc(C3CCCCC3)cc2)cs1. The molecule has 1 aliphatic rings. The third kappa shape index (κ3) is 5.07. The van der Waals surface area contributed by atoms with E-state index in [0.717, 1.165) is 11.3 Å². The van der Waals surface area contributed by atoms with E-state index in [1.807, 2.05) is 30.5 Å². The maximum Gasteiger partial charge on any atom is 0.328 e. The Kier molecular flexibility index (Phi) is 6.87. The highest BCUT2D eigenvalue weighted by atomic mass is 32.1. The lowest BCUT2D eigenvalue weighted by Crippen LogP contribution is -2.34. The molecule has 1 fully saturated rings. The Morgan fingerprint density at radius 1 is 1.16 bits per heavy atom. The van der Waals surface area contributed by atoms with Crippen LogP contribution in [0.3, 0.4) is 0 Å². The Morgan fingerprint density at radius 2 is 1.94 bits per heavy atom. The van der Waals surface area contributed by atoms with Crippen molar-refractivity contribution in [1.29, 1.82) is 0 Å². The van der Waals surface area contributed by atoms with Gasteiger partial charge in [0, 0.05) is 29.2 Å². The molecule has 0 radical (unpaired) electrons. The van der Waals surface area contributed by atoms with Crippen LogP contribution in [0.4, 0.5) is 15.6 Å². The second kappa shape index (κ2) is 9.96. The Bertz CT molecular complexity index is 1010. The van der Waals surface area contributed by atoms with Gasteiger partial charge in [0.25, 0.3) is 0 Å². The molecule has 4 rings (SSSR count). The first-order chi connectivity index (χ1) is 15.2. The lowest BCUT2D eigenvalue weighted by Gasteiger charge is -2.22. The predicted molar refractivity (Wildman–Crippen MR) is 128 cm³/mol. The minimum Gasteiger partial charge on any atom is -0.497 e. The number of nitrogens with one attached hydrogen (secondary N) is 1. The fraction of sp³-hybridized carbons (Fsp3) is 0.360. The second-order valence-corrected chi connectivity index (χ2v) is 8.72. The summed E-state index contributed by atoms with van der Waals surface area (Å²) in [6.07, 6.45) is 6.65. The normalized spacial score (nSPS) is 14.3. The van der Waals surface area contributed by atoms with Crippen LogP contribution in [0.15, 0.2) is 53.9 Å². The number of thiazole rings is 1. The van der Waals surface area contributed by atoms with Crippen LogP contribution in [0, 0.1) is 0 Å². The first-order valence-corrected chi connectivity index (χ1v) is 11.8. The van der Waals surface area contributed by atoms with Crippen molar-refractivity contribution in [3.8, 4) is 17.0 Å². The van der Waals surface area contributed by atoms with Crippen molar-refractivity contribution in [2.24, 2.45) is 0 Å². The van der Waals surface area contributed by atoms with Crippen LogP contribution in [0.25, 0.3) is 11.3 Å². The third-order valence-electron chi connectivity index (χ3n) is 5.89. The van der Waals surface area contributed by atoms with Crippen molar-refractivity contribution in [1.82, 2.24) is 4.98 Å². The molecule has 1 heterocycles. The zero-order chi connectivity index (χ0) is 21.6. The van der Waals surface area contributed by atoms with E-state index in [-0.39, 0.29) is 6.03 Å². The van der Waals surface area contributed by atoms with Gasteiger partial charge >= 0.3 is 6.03 Å². The molecule has 1 aliphatic carbocycles. The van der Waals surface area contributed by atoms with Crippen molar-refractivity contribution in [3.63, 3.8) is 0 Å². The number of carbonyl (C=O) groups excluding carboxylic acids is 1. The number of aromatic nitrogens is 1. The number of rotatable bonds is 6. The molecule has 5 nitrogen and oxygen atoms in total. The Labute approximate surface area is 188 Å². The number of ether oxygens (including phenoxy) is 1. The minimum atomic E-state index is -0.204. The van der Waals surface area contributed by atoms with Gasteiger partial charge < -0.3 is 10.1 Å². The molecule has 2 aromatic carbocycles. The fourth-order valence-corrected chi connectivity index (χ4v) is 5.04. The number of carbonyl (C=O) groups is 1. The molecule has 0 unspecified atom stereocenters. The summed E-state index contributed by atoms with van der Waals surface area (Å²) in [6, 6.07) is 16.0. The van der Waals surface area contributed by atoms with Gasteiger partial charge in [-0.15, -0.1) is 11.3 Å². The molecule has 0 aliphatic heterocycles. The standard InChI is InChI=1S/C25H29N3O2S/c1-3-28(24(29)26-21-10-7-11-22(16-21)30-2)25-27-23(17-31-25)20-14-12-19(13-15-20)18-8-5-4-6-9-18/h7,10-18H,3-6,8-9H2,1-2H3,(H,26,29). The number of amides is 2. The van der Waals surface area contributed by atoms with Crippen molar-refractivity contribution in [3.05, 3.63) is 59.5 Å². The van der Waals surface area contributed by atoms with Crippen LogP contribution >= 0.6 is 11.3 Å². The zero-order valence-electron chi connectivity index (χ0n) is 18.1. The average Bonchev–Trinajstić information content (AvgIpc) is 3.30. The van der Waals surface area contributed by atoms with Gasteiger partial charge in [0.1, 0.15) is 5.75 Å².